The van der Waals surface area contributed by atoms with Crippen molar-refractivity contribution in [3.05, 3.63) is 81.9 Å². The highest BCUT2D eigenvalue weighted by Gasteiger charge is 2.24. The van der Waals surface area contributed by atoms with Gasteiger partial charge in [-0.1, -0.05) is 36.4 Å². The molecule has 1 fully saturated rings. The van der Waals surface area contributed by atoms with E-state index >= 15 is 0 Å². The van der Waals surface area contributed by atoms with Crippen LogP contribution in [0.5, 0.6) is 0 Å². The molecule has 7 nitrogen and oxygen atoms in total. The number of nitrogens with one attached hydrogen (secondary N) is 1. The van der Waals surface area contributed by atoms with E-state index in [9.17, 15) is 14.0 Å². The van der Waals surface area contributed by atoms with Gasteiger partial charge >= 0.3 is 6.09 Å². The molecule has 1 aliphatic heterocycles. The number of nitrogens with zero attached hydrogens (tertiary/aromatic N) is 3. The Morgan fingerprint density at radius 1 is 1.16 bits per heavy atom. The second-order valence-corrected chi connectivity index (χ2v) is 7.90. The fourth-order valence-electron chi connectivity index (χ4n) is 3.86. The smallest absolute Gasteiger partial charge is 0.410 e. The summed E-state index contributed by atoms with van der Waals surface area (Å²) < 4.78 is 20.8. The van der Waals surface area contributed by atoms with Gasteiger partial charge < -0.3 is 9.64 Å². The predicted molar refractivity (Wildman–Crippen MR) is 116 cm³/mol. The lowest BCUT2D eigenvalue weighted by molar-refractivity contribution is 0.0802. The number of hydrogen-bond acceptors (Lipinski definition) is 4. The van der Waals surface area contributed by atoms with E-state index in [1.165, 1.54) is 22.9 Å². The number of likely N-dealkylation sites (tertiary alicyclic amines) is 1. The molecule has 1 N–H and O–H groups in total. The second-order valence-electron chi connectivity index (χ2n) is 7.90. The Bertz CT molecular complexity index is 1190. The molecule has 0 unspecified atom stereocenters. The molecule has 2 heterocycles. The zero-order chi connectivity index (χ0) is 22.5. The van der Waals surface area contributed by atoms with Crippen molar-refractivity contribution in [2.24, 2.45) is 5.92 Å². The molecule has 8 heteroatoms. The van der Waals surface area contributed by atoms with Gasteiger partial charge in [0.2, 0.25) is 0 Å². The number of aromatic nitrogens is 2. The first-order chi connectivity index (χ1) is 15.5. The first-order valence-electron chi connectivity index (χ1n) is 10.5. The number of ether oxygens (including phenoxy) is 1. The number of carbonyl (C=O) groups is 1. The standard InChI is InChI=1S/C24H23FN4O3/c25-21-12-19(6-7-20(21)14-26)22-13-23(30)29(27-22)15-17-8-10-28(11-9-17)24(31)32-16-18-4-2-1-3-5-18/h1-7,12-13,17,27H,8-11,15-16H2. The topological polar surface area (TPSA) is 91.1 Å². The molecule has 3 aromatic rings. The van der Waals surface area contributed by atoms with E-state index in [0.717, 1.165) is 18.4 Å². The summed E-state index contributed by atoms with van der Waals surface area (Å²) in [4.78, 5) is 26.4. The molecule has 0 bridgehead atoms. The summed E-state index contributed by atoms with van der Waals surface area (Å²) in [5.41, 5.74) is 1.72. The van der Waals surface area contributed by atoms with Gasteiger partial charge in [-0.15, -0.1) is 0 Å². The molecule has 4 rings (SSSR count). The summed E-state index contributed by atoms with van der Waals surface area (Å²) >= 11 is 0. The van der Waals surface area contributed by atoms with Crippen LogP contribution in [0, 0.1) is 23.1 Å². The summed E-state index contributed by atoms with van der Waals surface area (Å²) in [6.45, 7) is 1.88. The summed E-state index contributed by atoms with van der Waals surface area (Å²) in [6.07, 6.45) is 1.19. The van der Waals surface area contributed by atoms with E-state index in [4.69, 9.17) is 10.00 Å². The van der Waals surface area contributed by atoms with Gasteiger partial charge in [0.1, 0.15) is 18.5 Å². The Kier molecular flexibility index (Phi) is 6.36. The third kappa shape index (κ3) is 4.89. The summed E-state index contributed by atoms with van der Waals surface area (Å²) in [6, 6.07) is 17.0. The molecular formula is C24H23FN4O3. The monoisotopic (exact) mass is 434 g/mol. The SMILES string of the molecule is N#Cc1ccc(-c2cc(=O)n(CC3CCN(C(=O)OCc4ccccc4)CC3)[nH]2)cc1F. The van der Waals surface area contributed by atoms with E-state index in [2.05, 4.69) is 5.10 Å². The average Bonchev–Trinajstić information content (AvgIpc) is 3.18. The molecule has 0 atom stereocenters. The van der Waals surface area contributed by atoms with Gasteiger partial charge in [-0.25, -0.2) is 9.18 Å². The van der Waals surface area contributed by atoms with E-state index in [1.54, 1.807) is 17.0 Å². The number of halogens is 1. The van der Waals surface area contributed by atoms with Crippen molar-refractivity contribution in [1.29, 1.82) is 5.26 Å². The number of H-pyrrole nitrogens is 1. The summed E-state index contributed by atoms with van der Waals surface area (Å²) in [5.74, 6) is -0.389. The van der Waals surface area contributed by atoms with E-state index in [1.807, 2.05) is 30.3 Å². The normalized spacial score (nSPS) is 14.2. The van der Waals surface area contributed by atoms with Crippen LogP contribution in [0.4, 0.5) is 9.18 Å². The fraction of sp³-hybridized carbons (Fsp3) is 0.292. The van der Waals surface area contributed by atoms with Crippen LogP contribution in [0.1, 0.15) is 24.0 Å². The van der Waals surface area contributed by atoms with Gasteiger partial charge in [0.25, 0.3) is 5.56 Å². The molecular weight excluding hydrogens is 411 g/mol. The quantitative estimate of drug-likeness (QED) is 0.659. The maximum absolute atomic E-state index is 13.9. The molecule has 0 spiro atoms. The first kappa shape index (κ1) is 21.4. The van der Waals surface area contributed by atoms with Crippen molar-refractivity contribution < 1.29 is 13.9 Å². The summed E-state index contributed by atoms with van der Waals surface area (Å²) in [7, 11) is 0. The number of carbonyl (C=O) groups excluding carboxylic acids is 1. The third-order valence-corrected chi connectivity index (χ3v) is 5.71. The van der Waals surface area contributed by atoms with E-state index in [0.29, 0.717) is 30.9 Å². The van der Waals surface area contributed by atoms with Gasteiger partial charge in [-0.3, -0.25) is 14.6 Å². The maximum atomic E-state index is 13.9. The lowest BCUT2D eigenvalue weighted by Gasteiger charge is -2.31. The first-order valence-corrected chi connectivity index (χ1v) is 10.5. The number of amides is 1. The van der Waals surface area contributed by atoms with E-state index in [-0.39, 0.29) is 29.7 Å². The molecule has 0 saturated carbocycles. The van der Waals surface area contributed by atoms with Crippen molar-refractivity contribution in [1.82, 2.24) is 14.7 Å². The minimum atomic E-state index is -0.620. The molecule has 1 aromatic heterocycles. The van der Waals surface area contributed by atoms with Gasteiger partial charge in [-0.05, 0) is 36.5 Å². The molecule has 2 aromatic carbocycles. The molecule has 0 aliphatic carbocycles. The average molecular weight is 434 g/mol. The maximum Gasteiger partial charge on any atom is 0.410 e. The van der Waals surface area contributed by atoms with Crippen LogP contribution < -0.4 is 5.56 Å². The van der Waals surface area contributed by atoms with Gasteiger partial charge in [0.15, 0.2) is 0 Å². The second kappa shape index (κ2) is 9.52. The van der Waals surface area contributed by atoms with Crippen molar-refractivity contribution in [3.8, 4) is 17.3 Å². The lowest BCUT2D eigenvalue weighted by Crippen LogP contribution is -2.40. The van der Waals surface area contributed by atoms with Gasteiger partial charge in [-0.2, -0.15) is 5.26 Å². The Hall–Kier alpha value is -3.86. The van der Waals surface area contributed by atoms with Crippen LogP contribution >= 0.6 is 0 Å². The number of hydrogen-bond donors (Lipinski definition) is 1. The minimum absolute atomic E-state index is 0.0374. The van der Waals surface area contributed by atoms with Crippen LogP contribution in [0.3, 0.4) is 0 Å². The van der Waals surface area contributed by atoms with Crippen LogP contribution in [-0.2, 0) is 17.9 Å². The highest BCUT2D eigenvalue weighted by atomic mass is 19.1. The molecule has 32 heavy (non-hydrogen) atoms. The number of rotatable bonds is 5. The van der Waals surface area contributed by atoms with E-state index < -0.39 is 5.82 Å². The zero-order valence-electron chi connectivity index (χ0n) is 17.5. The highest BCUT2D eigenvalue weighted by Crippen LogP contribution is 2.22. The Labute approximate surface area is 184 Å². The van der Waals surface area contributed by atoms with Gasteiger partial charge in [0, 0.05) is 31.3 Å². The van der Waals surface area contributed by atoms with Crippen LogP contribution in [0.15, 0.2) is 59.4 Å². The van der Waals surface area contributed by atoms with Crippen LogP contribution in [0.25, 0.3) is 11.3 Å². The van der Waals surface area contributed by atoms with Crippen molar-refractivity contribution in [3.63, 3.8) is 0 Å². The van der Waals surface area contributed by atoms with Crippen molar-refractivity contribution in [2.75, 3.05) is 13.1 Å². The lowest BCUT2D eigenvalue weighted by atomic mass is 9.97. The molecule has 1 saturated heterocycles. The zero-order valence-corrected chi connectivity index (χ0v) is 17.5. The molecule has 0 radical (unpaired) electrons. The largest absolute Gasteiger partial charge is 0.445 e. The minimum Gasteiger partial charge on any atom is -0.445 e. The fourth-order valence-corrected chi connectivity index (χ4v) is 3.86. The third-order valence-electron chi connectivity index (χ3n) is 5.71. The predicted octanol–water partition coefficient (Wildman–Crippen LogP) is 3.90. The van der Waals surface area contributed by atoms with Crippen molar-refractivity contribution in [2.45, 2.75) is 26.0 Å². The Morgan fingerprint density at radius 2 is 1.91 bits per heavy atom. The molecule has 164 valence electrons. The van der Waals surface area contributed by atoms with Crippen LogP contribution in [-0.4, -0.2) is 33.9 Å². The number of piperidine rings is 1. The number of aromatic amines is 1. The Balaban J connectivity index is 1.31. The van der Waals surface area contributed by atoms with Crippen molar-refractivity contribution >= 4 is 6.09 Å². The number of nitriles is 1. The number of benzene rings is 2. The Morgan fingerprint density at radius 3 is 2.59 bits per heavy atom. The molecule has 1 amide bonds. The summed E-state index contributed by atoms with van der Waals surface area (Å²) in [5, 5.41) is 11.9. The molecule has 1 aliphatic rings. The highest BCUT2D eigenvalue weighted by molar-refractivity contribution is 5.67. The van der Waals surface area contributed by atoms with Crippen LogP contribution in [0.2, 0.25) is 0 Å². The van der Waals surface area contributed by atoms with Gasteiger partial charge in [0.05, 0.1) is 11.3 Å².